The smallest absolute Gasteiger partial charge is 0.228 e. The van der Waals surface area contributed by atoms with Gasteiger partial charge in [0.15, 0.2) is 0 Å². The minimum atomic E-state index is -0.0457. The van der Waals surface area contributed by atoms with Crippen LogP contribution in [0.2, 0.25) is 5.02 Å². The first-order valence-electron chi connectivity index (χ1n) is 8.70. The van der Waals surface area contributed by atoms with Crippen LogP contribution in [0.1, 0.15) is 11.1 Å². The lowest BCUT2D eigenvalue weighted by Crippen LogP contribution is -2.14. The Morgan fingerprint density at radius 1 is 1.00 bits per heavy atom. The fourth-order valence-corrected chi connectivity index (χ4v) is 3.32. The van der Waals surface area contributed by atoms with Gasteiger partial charge < -0.3 is 9.88 Å². The van der Waals surface area contributed by atoms with Gasteiger partial charge in [0.1, 0.15) is 0 Å². The number of para-hydroxylation sites is 1. The number of carbonyl (C=O) groups is 1. The van der Waals surface area contributed by atoms with Crippen molar-refractivity contribution in [2.75, 3.05) is 5.32 Å². The van der Waals surface area contributed by atoms with Crippen molar-refractivity contribution in [3.8, 4) is 0 Å². The molecule has 2 aromatic carbocycles. The van der Waals surface area contributed by atoms with E-state index in [9.17, 15) is 4.79 Å². The Kier molecular flexibility index (Phi) is 4.90. The highest BCUT2D eigenvalue weighted by Gasteiger charge is 2.12. The average molecular weight is 376 g/mol. The van der Waals surface area contributed by atoms with E-state index in [-0.39, 0.29) is 5.91 Å². The van der Waals surface area contributed by atoms with Gasteiger partial charge in [0.25, 0.3) is 0 Å². The van der Waals surface area contributed by atoms with Gasteiger partial charge in [-0.25, -0.2) is 0 Å². The summed E-state index contributed by atoms with van der Waals surface area (Å²) in [7, 11) is 0. The molecule has 0 atom stereocenters. The SMILES string of the molecule is O=C(Cc1cn(Cc2ccc(Cl)cc2)c2ccccc12)Nc1ccncc1. The fraction of sp³-hybridized carbons (Fsp3) is 0.0909. The number of amides is 1. The number of hydrogen-bond donors (Lipinski definition) is 1. The lowest BCUT2D eigenvalue weighted by molar-refractivity contribution is -0.115. The second kappa shape index (κ2) is 7.64. The van der Waals surface area contributed by atoms with E-state index in [2.05, 4.69) is 33.2 Å². The van der Waals surface area contributed by atoms with Crippen molar-refractivity contribution in [1.82, 2.24) is 9.55 Å². The Balaban J connectivity index is 1.59. The number of nitrogens with one attached hydrogen (secondary N) is 1. The van der Waals surface area contributed by atoms with Crippen LogP contribution in [-0.2, 0) is 17.8 Å². The maximum Gasteiger partial charge on any atom is 0.228 e. The Labute approximate surface area is 162 Å². The number of benzene rings is 2. The van der Waals surface area contributed by atoms with Crippen molar-refractivity contribution in [2.24, 2.45) is 0 Å². The minimum Gasteiger partial charge on any atom is -0.343 e. The van der Waals surface area contributed by atoms with E-state index in [1.54, 1.807) is 24.5 Å². The summed E-state index contributed by atoms with van der Waals surface area (Å²) in [6, 6.07) is 19.5. The highest BCUT2D eigenvalue weighted by atomic mass is 35.5. The molecule has 4 aromatic rings. The second-order valence-electron chi connectivity index (χ2n) is 6.39. The normalized spacial score (nSPS) is 10.9. The molecule has 2 aromatic heterocycles. The van der Waals surface area contributed by atoms with Gasteiger partial charge in [-0.3, -0.25) is 9.78 Å². The van der Waals surface area contributed by atoms with Crippen LogP contribution in [-0.4, -0.2) is 15.5 Å². The zero-order valence-corrected chi connectivity index (χ0v) is 15.4. The van der Waals surface area contributed by atoms with Gasteiger partial charge in [-0.15, -0.1) is 0 Å². The van der Waals surface area contributed by atoms with E-state index in [0.29, 0.717) is 6.42 Å². The summed E-state index contributed by atoms with van der Waals surface area (Å²) in [4.78, 5) is 16.4. The largest absolute Gasteiger partial charge is 0.343 e. The average Bonchev–Trinajstić information content (AvgIpc) is 3.02. The number of rotatable bonds is 5. The molecule has 0 radical (unpaired) electrons. The molecule has 0 saturated carbocycles. The molecule has 0 saturated heterocycles. The summed E-state index contributed by atoms with van der Waals surface area (Å²) < 4.78 is 2.17. The molecule has 2 heterocycles. The van der Waals surface area contributed by atoms with Crippen molar-refractivity contribution in [2.45, 2.75) is 13.0 Å². The van der Waals surface area contributed by atoms with Gasteiger partial charge in [-0.2, -0.15) is 0 Å². The highest BCUT2D eigenvalue weighted by Crippen LogP contribution is 2.23. The molecular formula is C22H18ClN3O. The third-order valence-corrected chi connectivity index (χ3v) is 4.70. The highest BCUT2D eigenvalue weighted by molar-refractivity contribution is 6.30. The first-order chi connectivity index (χ1) is 13.2. The molecule has 5 heteroatoms. The van der Waals surface area contributed by atoms with Crippen LogP contribution in [0.15, 0.2) is 79.3 Å². The van der Waals surface area contributed by atoms with Crippen LogP contribution in [0.4, 0.5) is 5.69 Å². The molecule has 4 nitrogen and oxygen atoms in total. The Morgan fingerprint density at radius 2 is 1.74 bits per heavy atom. The number of pyridine rings is 1. The Bertz CT molecular complexity index is 1070. The van der Waals surface area contributed by atoms with E-state index in [1.165, 1.54) is 0 Å². The summed E-state index contributed by atoms with van der Waals surface area (Å²) in [5.41, 5.74) is 4.03. The molecule has 1 amide bonds. The monoisotopic (exact) mass is 375 g/mol. The molecule has 4 rings (SSSR count). The van der Waals surface area contributed by atoms with Crippen LogP contribution in [0.25, 0.3) is 10.9 Å². The summed E-state index contributed by atoms with van der Waals surface area (Å²) in [6.07, 6.45) is 5.70. The Hall–Kier alpha value is -3.11. The standard InChI is InChI=1S/C22H18ClN3O/c23-18-7-5-16(6-8-18)14-26-15-17(20-3-1-2-4-21(20)26)13-22(27)25-19-9-11-24-12-10-19/h1-12,15H,13-14H2,(H,24,25,27). The number of carbonyl (C=O) groups excluding carboxylic acids is 1. The molecule has 27 heavy (non-hydrogen) atoms. The quantitative estimate of drug-likeness (QED) is 0.538. The summed E-state index contributed by atoms with van der Waals surface area (Å²) in [5.74, 6) is -0.0457. The van der Waals surface area contributed by atoms with Crippen molar-refractivity contribution in [3.63, 3.8) is 0 Å². The number of hydrogen-bond acceptors (Lipinski definition) is 2. The van der Waals surface area contributed by atoms with Crippen molar-refractivity contribution >= 4 is 34.1 Å². The zero-order chi connectivity index (χ0) is 18.6. The van der Waals surface area contributed by atoms with E-state index < -0.39 is 0 Å². The number of halogens is 1. The first-order valence-corrected chi connectivity index (χ1v) is 9.08. The summed E-state index contributed by atoms with van der Waals surface area (Å²) in [6.45, 7) is 0.726. The molecule has 0 aliphatic carbocycles. The van der Waals surface area contributed by atoms with Gasteiger partial charge in [-0.1, -0.05) is 41.9 Å². The predicted octanol–water partition coefficient (Wildman–Crippen LogP) is 4.92. The predicted molar refractivity (Wildman–Crippen MR) is 109 cm³/mol. The maximum absolute atomic E-state index is 12.5. The van der Waals surface area contributed by atoms with E-state index >= 15 is 0 Å². The molecule has 1 N–H and O–H groups in total. The summed E-state index contributed by atoms with van der Waals surface area (Å²) in [5, 5.41) is 4.74. The minimum absolute atomic E-state index is 0.0457. The van der Waals surface area contributed by atoms with Gasteiger partial charge >= 0.3 is 0 Å². The van der Waals surface area contributed by atoms with Crippen LogP contribution >= 0.6 is 11.6 Å². The first kappa shape index (κ1) is 17.3. The fourth-order valence-electron chi connectivity index (χ4n) is 3.19. The van der Waals surface area contributed by atoms with Crippen LogP contribution < -0.4 is 5.32 Å². The third kappa shape index (κ3) is 4.01. The lowest BCUT2D eigenvalue weighted by atomic mass is 10.1. The molecule has 0 unspecified atom stereocenters. The summed E-state index contributed by atoms with van der Waals surface area (Å²) >= 11 is 5.98. The van der Waals surface area contributed by atoms with Gasteiger partial charge in [0, 0.05) is 46.7 Å². The second-order valence-corrected chi connectivity index (χ2v) is 6.82. The van der Waals surface area contributed by atoms with Crippen molar-refractivity contribution in [1.29, 1.82) is 0 Å². The number of anilines is 1. The van der Waals surface area contributed by atoms with Crippen LogP contribution in [0, 0.1) is 0 Å². The van der Waals surface area contributed by atoms with Gasteiger partial charge in [0.05, 0.1) is 6.42 Å². The molecule has 0 spiro atoms. The van der Waals surface area contributed by atoms with Crippen LogP contribution in [0.3, 0.4) is 0 Å². The topological polar surface area (TPSA) is 46.9 Å². The molecule has 0 fully saturated rings. The molecule has 134 valence electrons. The molecule has 0 bridgehead atoms. The van der Waals surface area contributed by atoms with Crippen molar-refractivity contribution in [3.05, 3.63) is 95.4 Å². The van der Waals surface area contributed by atoms with E-state index in [4.69, 9.17) is 11.6 Å². The number of fused-ring (bicyclic) bond motifs is 1. The maximum atomic E-state index is 12.5. The van der Waals surface area contributed by atoms with Gasteiger partial charge in [-0.05, 0) is 41.5 Å². The lowest BCUT2D eigenvalue weighted by Gasteiger charge is -2.05. The number of nitrogens with zero attached hydrogens (tertiary/aromatic N) is 2. The number of aromatic nitrogens is 2. The molecule has 0 aliphatic rings. The third-order valence-electron chi connectivity index (χ3n) is 4.45. The zero-order valence-electron chi connectivity index (χ0n) is 14.6. The van der Waals surface area contributed by atoms with Crippen LogP contribution in [0.5, 0.6) is 0 Å². The molecule has 0 aliphatic heterocycles. The van der Waals surface area contributed by atoms with Crippen molar-refractivity contribution < 1.29 is 4.79 Å². The van der Waals surface area contributed by atoms with E-state index in [0.717, 1.165) is 39.3 Å². The molecular weight excluding hydrogens is 358 g/mol. The van der Waals surface area contributed by atoms with Gasteiger partial charge in [0.2, 0.25) is 5.91 Å². The van der Waals surface area contributed by atoms with E-state index in [1.807, 2.05) is 36.4 Å². The Morgan fingerprint density at radius 3 is 2.52 bits per heavy atom.